The van der Waals surface area contributed by atoms with Crippen LogP contribution in [0.1, 0.15) is 12.5 Å². The summed E-state index contributed by atoms with van der Waals surface area (Å²) in [6.07, 6.45) is 0. The Morgan fingerprint density at radius 1 is 1.09 bits per heavy atom. The number of aryl methyl sites for hydroxylation is 1. The van der Waals surface area contributed by atoms with Crippen molar-refractivity contribution in [1.82, 2.24) is 0 Å². The highest BCUT2D eigenvalue weighted by atomic mass is 32.1. The van der Waals surface area contributed by atoms with Crippen LogP contribution in [0.25, 0.3) is 0 Å². The fourth-order valence-corrected chi connectivity index (χ4v) is 2.25. The van der Waals surface area contributed by atoms with E-state index in [0.717, 1.165) is 28.4 Å². The van der Waals surface area contributed by atoms with E-state index in [1.807, 2.05) is 56.3 Å². The molecule has 0 aliphatic carbocycles. The molecule has 0 spiro atoms. The molecule has 22 heavy (non-hydrogen) atoms. The maximum absolute atomic E-state index is 5.58. The number of nitrogens with one attached hydrogen (secondary N) is 2. The number of ether oxygens (including phenoxy) is 2. The van der Waals surface area contributed by atoms with Gasteiger partial charge in [0.05, 0.1) is 19.4 Å². The second-order valence-electron chi connectivity index (χ2n) is 4.69. The maximum Gasteiger partial charge on any atom is 0.175 e. The lowest BCUT2D eigenvalue weighted by Crippen LogP contribution is -2.20. The zero-order chi connectivity index (χ0) is 15.9. The normalized spacial score (nSPS) is 9.95. The Hall–Kier alpha value is -2.27. The number of methoxy groups -OCH3 is 1. The van der Waals surface area contributed by atoms with E-state index in [1.165, 1.54) is 0 Å². The van der Waals surface area contributed by atoms with E-state index in [2.05, 4.69) is 10.6 Å². The van der Waals surface area contributed by atoms with Crippen molar-refractivity contribution < 1.29 is 9.47 Å². The molecule has 0 bridgehead atoms. The first-order valence-corrected chi connectivity index (χ1v) is 7.49. The Morgan fingerprint density at radius 3 is 2.50 bits per heavy atom. The molecule has 0 amide bonds. The highest BCUT2D eigenvalue weighted by molar-refractivity contribution is 7.80. The molecule has 0 atom stereocenters. The number of para-hydroxylation sites is 2. The second-order valence-corrected chi connectivity index (χ2v) is 5.10. The predicted molar refractivity (Wildman–Crippen MR) is 95.2 cm³/mol. The lowest BCUT2D eigenvalue weighted by molar-refractivity contribution is 0.342. The van der Waals surface area contributed by atoms with Gasteiger partial charge < -0.3 is 20.1 Å². The number of thiocarbonyl (C=S) groups is 1. The molecule has 0 fully saturated rings. The largest absolute Gasteiger partial charge is 0.497 e. The lowest BCUT2D eigenvalue weighted by Gasteiger charge is -2.15. The zero-order valence-corrected chi connectivity index (χ0v) is 13.8. The lowest BCUT2D eigenvalue weighted by atomic mass is 10.2. The van der Waals surface area contributed by atoms with Crippen LogP contribution in [0.5, 0.6) is 11.5 Å². The van der Waals surface area contributed by atoms with Crippen molar-refractivity contribution in [3.63, 3.8) is 0 Å². The molecule has 2 N–H and O–H groups in total. The van der Waals surface area contributed by atoms with Crippen molar-refractivity contribution >= 4 is 28.7 Å². The molecule has 2 aromatic carbocycles. The number of hydrogen-bond acceptors (Lipinski definition) is 3. The van der Waals surface area contributed by atoms with E-state index in [0.29, 0.717) is 11.7 Å². The van der Waals surface area contributed by atoms with E-state index in [-0.39, 0.29) is 0 Å². The van der Waals surface area contributed by atoms with E-state index in [9.17, 15) is 0 Å². The van der Waals surface area contributed by atoms with Crippen LogP contribution in [0, 0.1) is 6.92 Å². The Morgan fingerprint density at radius 2 is 1.82 bits per heavy atom. The quantitative estimate of drug-likeness (QED) is 0.809. The van der Waals surface area contributed by atoms with Gasteiger partial charge in [0.15, 0.2) is 5.11 Å². The minimum atomic E-state index is 0.514. The standard InChI is InChI=1S/C17H20N2O2S/c1-4-21-16-8-6-5-7-15(16)19-17(22)18-14-10-9-13(20-3)11-12(14)2/h5-11H,4H2,1-3H3,(H2,18,19,22). The molecule has 0 aliphatic rings. The predicted octanol–water partition coefficient (Wildman–Crippen LogP) is 4.21. The molecule has 0 unspecified atom stereocenters. The SMILES string of the molecule is CCOc1ccccc1NC(=S)Nc1ccc(OC)cc1C. The van der Waals surface area contributed by atoms with Gasteiger partial charge in [0.25, 0.3) is 0 Å². The highest BCUT2D eigenvalue weighted by Gasteiger charge is 2.06. The van der Waals surface area contributed by atoms with Gasteiger partial charge >= 0.3 is 0 Å². The second kappa shape index (κ2) is 7.66. The highest BCUT2D eigenvalue weighted by Crippen LogP contribution is 2.25. The molecule has 5 heteroatoms. The van der Waals surface area contributed by atoms with Crippen molar-refractivity contribution in [1.29, 1.82) is 0 Å². The van der Waals surface area contributed by atoms with E-state index in [4.69, 9.17) is 21.7 Å². The van der Waals surface area contributed by atoms with Crippen molar-refractivity contribution in [2.24, 2.45) is 0 Å². The molecule has 0 saturated carbocycles. The molecule has 4 nitrogen and oxygen atoms in total. The molecule has 0 radical (unpaired) electrons. The van der Waals surface area contributed by atoms with Gasteiger partial charge in [-0.1, -0.05) is 12.1 Å². The van der Waals surface area contributed by atoms with Gasteiger partial charge in [-0.2, -0.15) is 0 Å². The van der Waals surface area contributed by atoms with Crippen LogP contribution in [0.4, 0.5) is 11.4 Å². The molecule has 0 aliphatic heterocycles. The molecule has 116 valence electrons. The maximum atomic E-state index is 5.58. The first-order chi connectivity index (χ1) is 10.6. The summed E-state index contributed by atoms with van der Waals surface area (Å²) in [5, 5.41) is 6.87. The fraction of sp³-hybridized carbons (Fsp3) is 0.235. The number of hydrogen-bond donors (Lipinski definition) is 2. The van der Waals surface area contributed by atoms with Crippen LogP contribution in [0.15, 0.2) is 42.5 Å². The monoisotopic (exact) mass is 316 g/mol. The van der Waals surface area contributed by atoms with Crippen LogP contribution in [0.2, 0.25) is 0 Å². The fourth-order valence-electron chi connectivity index (χ4n) is 2.03. The van der Waals surface area contributed by atoms with E-state index >= 15 is 0 Å². The van der Waals surface area contributed by atoms with E-state index in [1.54, 1.807) is 7.11 Å². The summed E-state index contributed by atoms with van der Waals surface area (Å²) in [6, 6.07) is 13.5. The topological polar surface area (TPSA) is 42.5 Å². The Balaban J connectivity index is 2.07. The Bertz CT molecular complexity index is 659. The summed E-state index contributed by atoms with van der Waals surface area (Å²) in [4.78, 5) is 0. The van der Waals surface area contributed by atoms with Gasteiger partial charge in [0.2, 0.25) is 0 Å². The summed E-state index contributed by atoms with van der Waals surface area (Å²) in [5.41, 5.74) is 2.83. The molecule has 0 saturated heterocycles. The first-order valence-electron chi connectivity index (χ1n) is 7.08. The van der Waals surface area contributed by atoms with Crippen LogP contribution in [0.3, 0.4) is 0 Å². The van der Waals surface area contributed by atoms with Gasteiger partial charge in [-0.3, -0.25) is 0 Å². The first kappa shape index (κ1) is 16.1. The summed E-state index contributed by atoms with van der Waals surface area (Å²) in [6.45, 7) is 4.56. The van der Waals surface area contributed by atoms with Gasteiger partial charge in [-0.05, 0) is 62.0 Å². The van der Waals surface area contributed by atoms with Gasteiger partial charge in [0, 0.05) is 5.69 Å². The third-order valence-electron chi connectivity index (χ3n) is 3.12. The third kappa shape index (κ3) is 4.11. The summed E-state index contributed by atoms with van der Waals surface area (Å²) >= 11 is 5.37. The van der Waals surface area contributed by atoms with Crippen LogP contribution in [-0.2, 0) is 0 Å². The number of anilines is 2. The Labute approximate surface area is 136 Å². The zero-order valence-electron chi connectivity index (χ0n) is 13.0. The average Bonchev–Trinajstić information content (AvgIpc) is 2.51. The van der Waals surface area contributed by atoms with Crippen molar-refractivity contribution in [3.05, 3.63) is 48.0 Å². The molecular weight excluding hydrogens is 296 g/mol. The average molecular weight is 316 g/mol. The van der Waals surface area contributed by atoms with Crippen LogP contribution in [-0.4, -0.2) is 18.8 Å². The molecular formula is C17H20N2O2S. The number of benzene rings is 2. The van der Waals surface area contributed by atoms with Gasteiger partial charge in [0.1, 0.15) is 11.5 Å². The molecule has 0 heterocycles. The number of rotatable bonds is 5. The summed E-state index contributed by atoms with van der Waals surface area (Å²) in [7, 11) is 1.65. The molecule has 2 rings (SSSR count). The van der Waals surface area contributed by atoms with Crippen LogP contribution >= 0.6 is 12.2 Å². The summed E-state index contributed by atoms with van der Waals surface area (Å²) in [5.74, 6) is 1.60. The van der Waals surface area contributed by atoms with Gasteiger partial charge in [-0.15, -0.1) is 0 Å². The smallest absolute Gasteiger partial charge is 0.175 e. The summed E-state index contributed by atoms with van der Waals surface area (Å²) < 4.78 is 10.8. The minimum Gasteiger partial charge on any atom is -0.497 e. The van der Waals surface area contributed by atoms with Crippen molar-refractivity contribution in [2.75, 3.05) is 24.4 Å². The van der Waals surface area contributed by atoms with Crippen molar-refractivity contribution in [3.8, 4) is 11.5 Å². The minimum absolute atomic E-state index is 0.514. The Kier molecular flexibility index (Phi) is 5.61. The third-order valence-corrected chi connectivity index (χ3v) is 3.32. The van der Waals surface area contributed by atoms with Crippen molar-refractivity contribution in [2.45, 2.75) is 13.8 Å². The van der Waals surface area contributed by atoms with E-state index < -0.39 is 0 Å². The van der Waals surface area contributed by atoms with Gasteiger partial charge in [-0.25, -0.2) is 0 Å². The molecule has 2 aromatic rings. The molecule has 0 aromatic heterocycles. The van der Waals surface area contributed by atoms with Crippen LogP contribution < -0.4 is 20.1 Å².